The molecule has 3 aromatic carbocycles. The lowest BCUT2D eigenvalue weighted by Crippen LogP contribution is -2.12. The van der Waals surface area contributed by atoms with Crippen LogP contribution < -0.4 is 10.5 Å². The highest BCUT2D eigenvalue weighted by atomic mass is 32.2. The van der Waals surface area contributed by atoms with Gasteiger partial charge in [0.1, 0.15) is 16.7 Å². The molecule has 5 rings (SSSR count). The van der Waals surface area contributed by atoms with Gasteiger partial charge in [0, 0.05) is 22.2 Å². The largest absolute Gasteiger partial charge is 0.322 e. The first kappa shape index (κ1) is 18.9. The van der Waals surface area contributed by atoms with Crippen LogP contribution in [-0.4, -0.2) is 34.8 Å². The molecule has 0 saturated carbocycles. The van der Waals surface area contributed by atoms with Gasteiger partial charge in [0.2, 0.25) is 10.0 Å². The average molecular weight is 434 g/mol. The second-order valence-electron chi connectivity index (χ2n) is 6.83. The van der Waals surface area contributed by atoms with E-state index in [4.69, 9.17) is 5.14 Å². The zero-order chi connectivity index (χ0) is 21.6. The number of H-pyrrole nitrogens is 1. The molecular formula is C20H14N6O4S. The number of aromatic nitrogens is 4. The highest BCUT2D eigenvalue weighted by Gasteiger charge is 2.14. The van der Waals surface area contributed by atoms with Crippen LogP contribution in [-0.2, 0) is 10.0 Å². The van der Waals surface area contributed by atoms with Crippen molar-refractivity contribution in [1.82, 2.24) is 20.5 Å². The van der Waals surface area contributed by atoms with Crippen molar-refractivity contribution in [2.45, 2.75) is 4.90 Å². The van der Waals surface area contributed by atoms with Gasteiger partial charge in [-0.15, -0.1) is 0 Å². The van der Waals surface area contributed by atoms with Crippen molar-refractivity contribution in [3.05, 3.63) is 66.2 Å². The van der Waals surface area contributed by atoms with Crippen LogP contribution in [0.25, 0.3) is 33.2 Å². The molecule has 0 fully saturated rings. The van der Waals surface area contributed by atoms with Gasteiger partial charge in [-0.05, 0) is 58.8 Å². The quantitative estimate of drug-likeness (QED) is 0.392. The third-order valence-electron chi connectivity index (χ3n) is 4.77. The highest BCUT2D eigenvalue weighted by molar-refractivity contribution is 7.89. The van der Waals surface area contributed by atoms with E-state index >= 15 is 0 Å². The second-order valence-corrected chi connectivity index (χ2v) is 8.39. The molecule has 0 aliphatic rings. The summed E-state index contributed by atoms with van der Waals surface area (Å²) >= 11 is 0. The van der Waals surface area contributed by atoms with E-state index < -0.39 is 10.0 Å². The van der Waals surface area contributed by atoms with E-state index in [1.165, 1.54) is 12.1 Å². The highest BCUT2D eigenvalue weighted by Crippen LogP contribution is 2.30. The fourth-order valence-electron chi connectivity index (χ4n) is 3.26. The summed E-state index contributed by atoms with van der Waals surface area (Å²) in [4.78, 5) is 12.7. The minimum Gasteiger partial charge on any atom is -0.322 e. The van der Waals surface area contributed by atoms with Crippen LogP contribution in [0.2, 0.25) is 0 Å². The topological polar surface area (TPSA) is 157 Å². The van der Waals surface area contributed by atoms with E-state index in [9.17, 15) is 13.2 Å². The van der Waals surface area contributed by atoms with Gasteiger partial charge in [-0.2, -0.15) is 5.10 Å². The summed E-state index contributed by atoms with van der Waals surface area (Å²) in [5.74, 6) is -0.328. The Morgan fingerprint density at radius 3 is 2.68 bits per heavy atom. The minimum atomic E-state index is -3.85. The van der Waals surface area contributed by atoms with Gasteiger partial charge in [-0.25, -0.2) is 18.2 Å². The van der Waals surface area contributed by atoms with E-state index in [-0.39, 0.29) is 10.8 Å². The normalized spacial score (nSPS) is 11.8. The zero-order valence-corrected chi connectivity index (χ0v) is 16.6. The molecule has 5 aromatic rings. The SMILES string of the molecule is NS(=O)(=O)c1cccc(-c2n[nH]c3ccc(NC(=O)c4ccc5nonc5c4)cc23)c1. The molecule has 0 radical (unpaired) electrons. The van der Waals surface area contributed by atoms with Crippen molar-refractivity contribution < 1.29 is 17.8 Å². The Bertz CT molecular complexity index is 1570. The van der Waals surface area contributed by atoms with Gasteiger partial charge in [0.05, 0.1) is 10.4 Å². The molecule has 0 atom stereocenters. The first-order chi connectivity index (χ1) is 14.9. The molecule has 0 spiro atoms. The van der Waals surface area contributed by atoms with Crippen molar-refractivity contribution in [2.75, 3.05) is 5.32 Å². The summed E-state index contributed by atoms with van der Waals surface area (Å²) in [6.45, 7) is 0. The van der Waals surface area contributed by atoms with Crippen molar-refractivity contribution >= 4 is 43.6 Å². The van der Waals surface area contributed by atoms with Crippen LogP contribution in [0, 0.1) is 0 Å². The fourth-order valence-corrected chi connectivity index (χ4v) is 3.82. The summed E-state index contributed by atoms with van der Waals surface area (Å²) < 4.78 is 28.0. The summed E-state index contributed by atoms with van der Waals surface area (Å²) in [6.07, 6.45) is 0. The first-order valence-corrected chi connectivity index (χ1v) is 10.6. The van der Waals surface area contributed by atoms with E-state index in [2.05, 4.69) is 30.5 Å². The lowest BCUT2D eigenvalue weighted by molar-refractivity contribution is 0.102. The maximum atomic E-state index is 12.7. The molecule has 31 heavy (non-hydrogen) atoms. The Balaban J connectivity index is 1.49. The minimum absolute atomic E-state index is 0.0108. The number of primary sulfonamides is 1. The van der Waals surface area contributed by atoms with E-state index in [0.29, 0.717) is 38.9 Å². The lowest BCUT2D eigenvalue weighted by atomic mass is 10.1. The number of benzene rings is 3. The molecule has 154 valence electrons. The van der Waals surface area contributed by atoms with Crippen LogP contribution in [0.15, 0.2) is 70.2 Å². The molecule has 0 aliphatic carbocycles. The Hall–Kier alpha value is -4.09. The predicted molar refractivity (Wildman–Crippen MR) is 113 cm³/mol. The number of nitrogens with one attached hydrogen (secondary N) is 2. The molecule has 0 bridgehead atoms. The Morgan fingerprint density at radius 2 is 1.84 bits per heavy atom. The number of hydrogen-bond acceptors (Lipinski definition) is 7. The standard InChI is InChI=1S/C20H14N6O4S/c21-31(28,29)14-3-1-2-11(8-14)19-15-10-13(5-7-16(15)23-24-19)22-20(27)12-4-6-17-18(9-12)26-30-25-17/h1-10H,(H,22,27)(H,23,24)(H2,21,28,29). The molecular weight excluding hydrogens is 420 g/mol. The van der Waals surface area contributed by atoms with Gasteiger partial charge in [0.25, 0.3) is 5.91 Å². The summed E-state index contributed by atoms with van der Waals surface area (Å²) in [7, 11) is -3.85. The van der Waals surface area contributed by atoms with Gasteiger partial charge >= 0.3 is 0 Å². The number of carbonyl (C=O) groups is 1. The summed E-state index contributed by atoms with van der Waals surface area (Å²) in [5.41, 5.74) is 3.82. The predicted octanol–water partition coefficient (Wildman–Crippen LogP) is 2.67. The molecule has 11 heteroatoms. The van der Waals surface area contributed by atoms with E-state index in [0.717, 1.165) is 5.52 Å². The Morgan fingerprint density at radius 1 is 1.00 bits per heavy atom. The van der Waals surface area contributed by atoms with Crippen LogP contribution >= 0.6 is 0 Å². The van der Waals surface area contributed by atoms with Gasteiger partial charge in [0.15, 0.2) is 0 Å². The second kappa shape index (κ2) is 7.00. The number of nitrogens with zero attached hydrogens (tertiary/aromatic N) is 3. The molecule has 0 unspecified atom stereocenters. The number of rotatable bonds is 4. The molecule has 2 heterocycles. The van der Waals surface area contributed by atoms with Crippen LogP contribution in [0.5, 0.6) is 0 Å². The van der Waals surface area contributed by atoms with Crippen molar-refractivity contribution in [3.63, 3.8) is 0 Å². The van der Waals surface area contributed by atoms with Gasteiger partial charge in [-0.3, -0.25) is 9.89 Å². The first-order valence-electron chi connectivity index (χ1n) is 9.03. The molecule has 1 amide bonds. The van der Waals surface area contributed by atoms with Crippen LogP contribution in [0.4, 0.5) is 5.69 Å². The molecule has 10 nitrogen and oxygen atoms in total. The number of hydrogen-bond donors (Lipinski definition) is 3. The van der Waals surface area contributed by atoms with Crippen LogP contribution in [0.1, 0.15) is 10.4 Å². The smallest absolute Gasteiger partial charge is 0.255 e. The number of anilines is 1. The Kier molecular flexibility index (Phi) is 4.27. The van der Waals surface area contributed by atoms with Gasteiger partial charge in [-0.1, -0.05) is 12.1 Å². The molecule has 0 aliphatic heterocycles. The van der Waals surface area contributed by atoms with Crippen molar-refractivity contribution in [1.29, 1.82) is 0 Å². The third kappa shape index (κ3) is 3.52. The van der Waals surface area contributed by atoms with Crippen molar-refractivity contribution in [2.24, 2.45) is 5.14 Å². The number of nitrogens with two attached hydrogens (primary N) is 1. The van der Waals surface area contributed by atoms with Crippen LogP contribution in [0.3, 0.4) is 0 Å². The van der Waals surface area contributed by atoms with E-state index in [1.807, 2.05) is 0 Å². The molecule has 0 saturated heterocycles. The number of sulfonamides is 1. The third-order valence-corrected chi connectivity index (χ3v) is 5.68. The van der Waals surface area contributed by atoms with E-state index in [1.54, 1.807) is 48.5 Å². The lowest BCUT2D eigenvalue weighted by Gasteiger charge is -2.06. The zero-order valence-electron chi connectivity index (χ0n) is 15.7. The monoisotopic (exact) mass is 434 g/mol. The van der Waals surface area contributed by atoms with Gasteiger partial charge < -0.3 is 5.32 Å². The number of fused-ring (bicyclic) bond motifs is 2. The molecule has 4 N–H and O–H groups in total. The number of carbonyl (C=O) groups excluding carboxylic acids is 1. The molecule has 2 aromatic heterocycles. The summed E-state index contributed by atoms with van der Waals surface area (Å²) in [5, 5.41) is 23.4. The number of amides is 1. The fraction of sp³-hybridized carbons (Fsp3) is 0. The maximum Gasteiger partial charge on any atom is 0.255 e. The Labute approximate surface area is 175 Å². The average Bonchev–Trinajstić information content (AvgIpc) is 3.39. The number of aromatic amines is 1. The van der Waals surface area contributed by atoms with Crippen molar-refractivity contribution in [3.8, 4) is 11.3 Å². The summed E-state index contributed by atoms with van der Waals surface area (Å²) in [6, 6.07) is 16.3. The maximum absolute atomic E-state index is 12.7.